The molecule has 0 unspecified atom stereocenters. The largest absolute Gasteiger partial charge is 0.317 e. The smallest absolute Gasteiger partial charge is 0.187 e. The molecule has 0 bridgehead atoms. The van der Waals surface area contributed by atoms with Crippen LogP contribution in [0.15, 0.2) is 17.6 Å². The highest BCUT2D eigenvalue weighted by molar-refractivity contribution is 7.99. The van der Waals surface area contributed by atoms with E-state index in [1.54, 1.807) is 11.8 Å². The van der Waals surface area contributed by atoms with E-state index in [0.29, 0.717) is 5.92 Å². The summed E-state index contributed by atoms with van der Waals surface area (Å²) in [5.41, 5.74) is 1.19. The molecule has 1 aliphatic heterocycles. The van der Waals surface area contributed by atoms with Gasteiger partial charge in [-0.05, 0) is 45.8 Å². The summed E-state index contributed by atoms with van der Waals surface area (Å²) < 4.78 is 2.18. The summed E-state index contributed by atoms with van der Waals surface area (Å²) in [6.45, 7) is 6.02. The lowest BCUT2D eigenvalue weighted by Crippen LogP contribution is -2.33. The minimum atomic E-state index is 0.499. The van der Waals surface area contributed by atoms with E-state index in [4.69, 9.17) is 0 Å². The maximum atomic E-state index is 4.47. The van der Waals surface area contributed by atoms with Crippen molar-refractivity contribution in [2.75, 3.05) is 32.9 Å². The Labute approximate surface area is 160 Å². The summed E-state index contributed by atoms with van der Waals surface area (Å²) in [5.74, 6) is 3.67. The summed E-state index contributed by atoms with van der Waals surface area (Å²) >= 11 is 1.68. The summed E-state index contributed by atoms with van der Waals surface area (Å²) in [4.78, 5) is 13.5. The number of hydrogen-bond donors (Lipinski definition) is 0. The molecule has 0 aliphatic carbocycles. The molecule has 2 aromatic rings. The second-order valence-corrected chi connectivity index (χ2v) is 8.36. The minimum absolute atomic E-state index is 0.499. The van der Waals surface area contributed by atoms with E-state index < -0.39 is 0 Å². The van der Waals surface area contributed by atoms with E-state index in [2.05, 4.69) is 62.6 Å². The van der Waals surface area contributed by atoms with Gasteiger partial charge in [0.1, 0.15) is 11.6 Å². The quantitative estimate of drug-likeness (QED) is 0.543. The molecule has 0 saturated carbocycles. The van der Waals surface area contributed by atoms with Gasteiger partial charge in [-0.2, -0.15) is 0 Å². The zero-order valence-electron chi connectivity index (χ0n) is 16.2. The second kappa shape index (κ2) is 8.92. The second-order valence-electron chi connectivity index (χ2n) is 7.13. The van der Waals surface area contributed by atoms with Crippen LogP contribution >= 0.6 is 11.8 Å². The number of rotatable bonds is 7. The number of thioether (sulfide) groups is 1. The first-order chi connectivity index (χ1) is 12.6. The fourth-order valence-corrected chi connectivity index (χ4v) is 3.90. The Morgan fingerprint density at radius 1 is 1.15 bits per heavy atom. The Balaban J connectivity index is 1.53. The SMILES string of the molecule is CCSc1ncc(CN2CCC(c3nnc(CN(C)C)n3C)CC2)cn1. The first-order valence-electron chi connectivity index (χ1n) is 9.25. The highest BCUT2D eigenvalue weighted by Gasteiger charge is 2.25. The van der Waals surface area contributed by atoms with Crippen molar-refractivity contribution in [1.29, 1.82) is 0 Å². The van der Waals surface area contributed by atoms with Crippen LogP contribution in [0.2, 0.25) is 0 Å². The summed E-state index contributed by atoms with van der Waals surface area (Å²) in [7, 11) is 6.21. The Kier molecular flexibility index (Phi) is 6.61. The van der Waals surface area contributed by atoms with Gasteiger partial charge in [0.05, 0.1) is 6.54 Å². The Hall–Kier alpha value is -1.51. The Morgan fingerprint density at radius 2 is 1.85 bits per heavy atom. The van der Waals surface area contributed by atoms with Crippen LogP contribution in [-0.4, -0.2) is 67.5 Å². The minimum Gasteiger partial charge on any atom is -0.317 e. The van der Waals surface area contributed by atoms with Gasteiger partial charge in [-0.25, -0.2) is 9.97 Å². The number of piperidine rings is 1. The molecule has 0 N–H and O–H groups in total. The molecular weight excluding hydrogens is 346 g/mol. The zero-order chi connectivity index (χ0) is 18.5. The first kappa shape index (κ1) is 19.3. The van der Waals surface area contributed by atoms with Gasteiger partial charge in [-0.1, -0.05) is 18.7 Å². The van der Waals surface area contributed by atoms with Gasteiger partial charge in [0.2, 0.25) is 0 Å². The fraction of sp³-hybridized carbons (Fsp3) is 0.667. The average Bonchev–Trinajstić information content (AvgIpc) is 2.98. The molecule has 0 spiro atoms. The third-order valence-corrected chi connectivity index (χ3v) is 5.53. The lowest BCUT2D eigenvalue weighted by atomic mass is 9.95. The standard InChI is InChI=1S/C18H29N7S/c1-5-26-18-19-10-14(11-20-18)12-25-8-6-15(7-9-25)17-22-21-16(24(17)4)13-23(2)3/h10-11,15H,5-9,12-13H2,1-4H3. The van der Waals surface area contributed by atoms with Crippen LogP contribution in [0.25, 0.3) is 0 Å². The van der Waals surface area contributed by atoms with Crippen molar-refractivity contribution in [2.45, 2.75) is 43.9 Å². The monoisotopic (exact) mass is 375 g/mol. The van der Waals surface area contributed by atoms with Gasteiger partial charge in [-0.3, -0.25) is 4.90 Å². The molecule has 3 rings (SSSR count). The maximum absolute atomic E-state index is 4.47. The number of likely N-dealkylation sites (tertiary alicyclic amines) is 1. The van der Waals surface area contributed by atoms with Gasteiger partial charge in [0.15, 0.2) is 5.16 Å². The third-order valence-electron chi connectivity index (χ3n) is 4.77. The van der Waals surface area contributed by atoms with Crippen molar-refractivity contribution < 1.29 is 0 Å². The lowest BCUT2D eigenvalue weighted by Gasteiger charge is -2.31. The molecule has 0 radical (unpaired) electrons. The van der Waals surface area contributed by atoms with Gasteiger partial charge in [0.25, 0.3) is 0 Å². The number of hydrogen-bond acceptors (Lipinski definition) is 7. The Morgan fingerprint density at radius 3 is 2.46 bits per heavy atom. The predicted octanol–water partition coefficient (Wildman–Crippen LogP) is 2.16. The molecule has 0 aromatic carbocycles. The molecular formula is C18H29N7S. The molecule has 0 atom stereocenters. The first-order valence-corrected chi connectivity index (χ1v) is 10.2. The predicted molar refractivity (Wildman–Crippen MR) is 104 cm³/mol. The van der Waals surface area contributed by atoms with E-state index in [-0.39, 0.29) is 0 Å². The lowest BCUT2D eigenvalue weighted by molar-refractivity contribution is 0.200. The van der Waals surface area contributed by atoms with E-state index >= 15 is 0 Å². The maximum Gasteiger partial charge on any atom is 0.187 e. The number of aromatic nitrogens is 5. The van der Waals surface area contributed by atoms with Gasteiger partial charge >= 0.3 is 0 Å². The molecule has 26 heavy (non-hydrogen) atoms. The molecule has 1 aliphatic rings. The molecule has 0 amide bonds. The summed E-state index contributed by atoms with van der Waals surface area (Å²) in [5, 5.41) is 9.72. The molecule has 1 saturated heterocycles. The van der Waals surface area contributed by atoms with Crippen LogP contribution < -0.4 is 0 Å². The van der Waals surface area contributed by atoms with E-state index in [1.165, 1.54) is 5.56 Å². The average molecular weight is 376 g/mol. The molecule has 1 fully saturated rings. The van der Waals surface area contributed by atoms with Crippen molar-refractivity contribution in [3.05, 3.63) is 29.6 Å². The van der Waals surface area contributed by atoms with Crippen LogP contribution in [0.4, 0.5) is 0 Å². The van der Waals surface area contributed by atoms with Crippen molar-refractivity contribution in [2.24, 2.45) is 7.05 Å². The van der Waals surface area contributed by atoms with Crippen molar-refractivity contribution >= 4 is 11.8 Å². The number of nitrogens with zero attached hydrogens (tertiary/aromatic N) is 7. The molecule has 3 heterocycles. The molecule has 8 heteroatoms. The van der Waals surface area contributed by atoms with Gasteiger partial charge < -0.3 is 9.47 Å². The Bertz CT molecular complexity index is 690. The topological polar surface area (TPSA) is 63.0 Å². The third kappa shape index (κ3) is 4.81. The van der Waals surface area contributed by atoms with Crippen LogP contribution in [0.3, 0.4) is 0 Å². The van der Waals surface area contributed by atoms with Gasteiger partial charge in [-0.15, -0.1) is 10.2 Å². The van der Waals surface area contributed by atoms with Crippen LogP contribution in [0, 0.1) is 0 Å². The van der Waals surface area contributed by atoms with Crippen LogP contribution in [0.5, 0.6) is 0 Å². The van der Waals surface area contributed by atoms with E-state index in [0.717, 1.165) is 61.6 Å². The molecule has 2 aromatic heterocycles. The summed E-state index contributed by atoms with van der Waals surface area (Å²) in [6.07, 6.45) is 6.18. The summed E-state index contributed by atoms with van der Waals surface area (Å²) in [6, 6.07) is 0. The molecule has 7 nitrogen and oxygen atoms in total. The fourth-order valence-electron chi connectivity index (χ4n) is 3.39. The highest BCUT2D eigenvalue weighted by atomic mass is 32.2. The van der Waals surface area contributed by atoms with E-state index in [9.17, 15) is 0 Å². The van der Waals surface area contributed by atoms with Crippen LogP contribution in [0.1, 0.15) is 42.9 Å². The van der Waals surface area contributed by atoms with Crippen molar-refractivity contribution in [1.82, 2.24) is 34.5 Å². The van der Waals surface area contributed by atoms with Crippen LogP contribution in [-0.2, 0) is 20.1 Å². The van der Waals surface area contributed by atoms with Crippen molar-refractivity contribution in [3.8, 4) is 0 Å². The van der Waals surface area contributed by atoms with Crippen molar-refractivity contribution in [3.63, 3.8) is 0 Å². The van der Waals surface area contributed by atoms with E-state index in [1.807, 2.05) is 12.4 Å². The zero-order valence-corrected chi connectivity index (χ0v) is 17.0. The highest BCUT2D eigenvalue weighted by Crippen LogP contribution is 2.27. The van der Waals surface area contributed by atoms with Gasteiger partial charge in [0, 0.05) is 37.5 Å². The molecule has 142 valence electrons. The normalized spacial score (nSPS) is 16.5.